The average Bonchev–Trinajstić information content (AvgIpc) is 2.75. The van der Waals surface area contributed by atoms with Gasteiger partial charge >= 0.3 is 5.97 Å². The van der Waals surface area contributed by atoms with Gasteiger partial charge in [0.15, 0.2) is 29.6 Å². The fourth-order valence-corrected chi connectivity index (χ4v) is 2.73. The van der Waals surface area contributed by atoms with Gasteiger partial charge in [0.05, 0.1) is 26.8 Å². The Kier molecular flexibility index (Phi) is 5.92. The summed E-state index contributed by atoms with van der Waals surface area (Å²) in [5, 5.41) is 0.331. The van der Waals surface area contributed by atoms with Crippen LogP contribution >= 0.6 is 0 Å². The molecule has 8 heteroatoms. The lowest BCUT2D eigenvalue weighted by Gasteiger charge is -2.12. The Balaban J connectivity index is 1.90. The van der Waals surface area contributed by atoms with Crippen LogP contribution in [0.4, 0.5) is 4.39 Å². The SMILES string of the molecule is COC(=O)c1cc(OCC(=O)c2ccc(OC)c(OC)c2)c2cc(F)ccc2n1. The number of rotatable bonds is 7. The molecule has 3 rings (SSSR count). The van der Waals surface area contributed by atoms with E-state index >= 15 is 0 Å². The second kappa shape index (κ2) is 8.55. The highest BCUT2D eigenvalue weighted by Crippen LogP contribution is 2.29. The summed E-state index contributed by atoms with van der Waals surface area (Å²) >= 11 is 0. The molecule has 0 unspecified atom stereocenters. The number of carbonyl (C=O) groups is 2. The molecule has 0 fully saturated rings. The largest absolute Gasteiger partial charge is 0.493 e. The third-order valence-corrected chi connectivity index (χ3v) is 4.19. The molecule has 0 amide bonds. The van der Waals surface area contributed by atoms with Crippen LogP contribution in [0, 0.1) is 5.82 Å². The van der Waals surface area contributed by atoms with Gasteiger partial charge in [0, 0.05) is 17.0 Å². The number of hydrogen-bond acceptors (Lipinski definition) is 7. The quantitative estimate of drug-likeness (QED) is 0.444. The first-order valence-electron chi connectivity index (χ1n) is 8.53. The Hall–Kier alpha value is -3.68. The summed E-state index contributed by atoms with van der Waals surface area (Å²) in [5.74, 6) is -0.477. The molecule has 0 aliphatic heterocycles. The van der Waals surface area contributed by atoms with Crippen LogP contribution in [0.2, 0.25) is 0 Å². The minimum Gasteiger partial charge on any atom is -0.493 e. The van der Waals surface area contributed by atoms with Crippen LogP contribution in [0.25, 0.3) is 10.9 Å². The number of benzene rings is 2. The maximum absolute atomic E-state index is 13.7. The number of halogens is 1. The average molecular weight is 399 g/mol. The Morgan fingerprint density at radius 2 is 1.69 bits per heavy atom. The fraction of sp³-hybridized carbons (Fsp3) is 0.190. The molecule has 7 nitrogen and oxygen atoms in total. The number of carbonyl (C=O) groups excluding carboxylic acids is 2. The number of ether oxygens (including phenoxy) is 4. The summed E-state index contributed by atoms with van der Waals surface area (Å²) in [6.07, 6.45) is 0. The highest BCUT2D eigenvalue weighted by Gasteiger charge is 2.16. The molecule has 0 N–H and O–H groups in total. The van der Waals surface area contributed by atoms with Crippen molar-refractivity contribution in [2.45, 2.75) is 0 Å². The maximum Gasteiger partial charge on any atom is 0.356 e. The van der Waals surface area contributed by atoms with Crippen molar-refractivity contribution in [2.24, 2.45) is 0 Å². The van der Waals surface area contributed by atoms with Crippen LogP contribution < -0.4 is 14.2 Å². The molecule has 150 valence electrons. The van der Waals surface area contributed by atoms with Crippen molar-refractivity contribution in [3.63, 3.8) is 0 Å². The number of methoxy groups -OCH3 is 3. The summed E-state index contributed by atoms with van der Waals surface area (Å²) in [6.45, 7) is -0.342. The van der Waals surface area contributed by atoms with Crippen molar-refractivity contribution < 1.29 is 32.9 Å². The van der Waals surface area contributed by atoms with E-state index in [2.05, 4.69) is 9.72 Å². The van der Waals surface area contributed by atoms with E-state index in [9.17, 15) is 14.0 Å². The van der Waals surface area contributed by atoms with Crippen LogP contribution in [-0.2, 0) is 4.74 Å². The molecule has 0 saturated heterocycles. The van der Waals surface area contributed by atoms with Crippen molar-refractivity contribution in [3.05, 3.63) is 59.5 Å². The van der Waals surface area contributed by atoms with Gasteiger partial charge in [-0.15, -0.1) is 0 Å². The Labute approximate surface area is 166 Å². The van der Waals surface area contributed by atoms with Gasteiger partial charge in [-0.3, -0.25) is 4.79 Å². The normalized spacial score (nSPS) is 10.5. The van der Waals surface area contributed by atoms with Gasteiger partial charge in [-0.25, -0.2) is 14.2 Å². The predicted molar refractivity (Wildman–Crippen MR) is 102 cm³/mol. The molecular weight excluding hydrogens is 381 g/mol. The standard InChI is InChI=1S/C21H18FNO6/c1-26-18-7-4-12(8-20(18)27-2)17(24)11-29-19-10-16(21(25)28-3)23-15-6-5-13(22)9-14(15)19/h4-10H,11H2,1-3H3. The van der Waals surface area contributed by atoms with Gasteiger partial charge in [-0.05, 0) is 36.4 Å². The molecule has 3 aromatic rings. The molecule has 0 radical (unpaired) electrons. The van der Waals surface area contributed by atoms with Crippen molar-refractivity contribution in [2.75, 3.05) is 27.9 Å². The van der Waals surface area contributed by atoms with Crippen LogP contribution in [0.3, 0.4) is 0 Å². The highest BCUT2D eigenvalue weighted by atomic mass is 19.1. The Morgan fingerprint density at radius 3 is 2.38 bits per heavy atom. The van der Waals surface area contributed by atoms with Gasteiger partial charge in [0.2, 0.25) is 0 Å². The lowest BCUT2D eigenvalue weighted by molar-refractivity contribution is 0.0594. The number of fused-ring (bicyclic) bond motifs is 1. The number of ketones is 1. The number of nitrogens with zero attached hydrogens (tertiary/aromatic N) is 1. The van der Waals surface area contributed by atoms with E-state index in [0.717, 1.165) is 0 Å². The number of aromatic nitrogens is 1. The highest BCUT2D eigenvalue weighted by molar-refractivity contribution is 5.98. The van der Waals surface area contributed by atoms with Gasteiger partial charge in [0.1, 0.15) is 11.6 Å². The van der Waals surface area contributed by atoms with E-state index in [0.29, 0.717) is 28.0 Å². The third-order valence-electron chi connectivity index (χ3n) is 4.19. The van der Waals surface area contributed by atoms with E-state index < -0.39 is 11.8 Å². The molecule has 1 heterocycles. The van der Waals surface area contributed by atoms with Crippen molar-refractivity contribution >= 4 is 22.7 Å². The van der Waals surface area contributed by atoms with Gasteiger partial charge in [-0.1, -0.05) is 0 Å². The molecule has 0 atom stereocenters. The number of Topliss-reactive ketones (excluding diaryl/α,β-unsaturated/α-hetero) is 1. The van der Waals surface area contributed by atoms with Crippen LogP contribution in [0.5, 0.6) is 17.2 Å². The molecule has 0 bridgehead atoms. The van der Waals surface area contributed by atoms with Crippen molar-refractivity contribution in [3.8, 4) is 17.2 Å². The summed E-state index contributed by atoms with van der Waals surface area (Å²) in [5.41, 5.74) is 0.670. The van der Waals surface area contributed by atoms with Crippen LogP contribution in [0.15, 0.2) is 42.5 Å². The Bertz CT molecular complexity index is 1080. The van der Waals surface area contributed by atoms with Crippen molar-refractivity contribution in [1.82, 2.24) is 4.98 Å². The minimum absolute atomic E-state index is 0.0137. The summed E-state index contributed by atoms with van der Waals surface area (Å²) in [7, 11) is 4.18. The van der Waals surface area contributed by atoms with E-state index in [-0.39, 0.29) is 23.8 Å². The molecule has 0 saturated carbocycles. The van der Waals surface area contributed by atoms with E-state index in [4.69, 9.17) is 14.2 Å². The second-order valence-corrected chi connectivity index (χ2v) is 5.94. The first-order chi connectivity index (χ1) is 14.0. The summed E-state index contributed by atoms with van der Waals surface area (Å²) in [4.78, 5) is 28.6. The fourth-order valence-electron chi connectivity index (χ4n) is 2.73. The molecule has 0 spiro atoms. The zero-order valence-electron chi connectivity index (χ0n) is 16.0. The predicted octanol–water partition coefficient (Wildman–Crippen LogP) is 3.44. The minimum atomic E-state index is -0.674. The van der Waals surface area contributed by atoms with Crippen LogP contribution in [-0.4, -0.2) is 44.7 Å². The number of hydrogen-bond donors (Lipinski definition) is 0. The monoisotopic (exact) mass is 399 g/mol. The Morgan fingerprint density at radius 1 is 0.931 bits per heavy atom. The van der Waals surface area contributed by atoms with Gasteiger partial charge in [-0.2, -0.15) is 0 Å². The summed E-state index contributed by atoms with van der Waals surface area (Å²) in [6, 6.07) is 9.90. The van der Waals surface area contributed by atoms with Gasteiger partial charge < -0.3 is 18.9 Å². The second-order valence-electron chi connectivity index (χ2n) is 5.94. The molecule has 0 aliphatic rings. The van der Waals surface area contributed by atoms with Crippen molar-refractivity contribution in [1.29, 1.82) is 0 Å². The lowest BCUT2D eigenvalue weighted by atomic mass is 10.1. The summed E-state index contributed by atoms with van der Waals surface area (Å²) < 4.78 is 34.3. The number of esters is 1. The molecule has 0 aliphatic carbocycles. The first kappa shape index (κ1) is 20.1. The zero-order valence-corrected chi connectivity index (χ0v) is 16.0. The molecule has 1 aromatic heterocycles. The lowest BCUT2D eigenvalue weighted by Crippen LogP contribution is -2.13. The molecular formula is C21H18FNO6. The van der Waals surface area contributed by atoms with Gasteiger partial charge in [0.25, 0.3) is 0 Å². The van der Waals surface area contributed by atoms with E-state index in [1.807, 2.05) is 0 Å². The zero-order chi connectivity index (χ0) is 21.0. The van der Waals surface area contributed by atoms with E-state index in [1.165, 1.54) is 51.7 Å². The smallest absolute Gasteiger partial charge is 0.356 e. The van der Waals surface area contributed by atoms with E-state index in [1.54, 1.807) is 12.1 Å². The maximum atomic E-state index is 13.7. The topological polar surface area (TPSA) is 84.0 Å². The third kappa shape index (κ3) is 4.26. The number of pyridine rings is 1. The molecule has 29 heavy (non-hydrogen) atoms. The first-order valence-corrected chi connectivity index (χ1v) is 8.53. The molecule has 2 aromatic carbocycles. The van der Waals surface area contributed by atoms with Crippen LogP contribution in [0.1, 0.15) is 20.8 Å².